The predicted octanol–water partition coefficient (Wildman–Crippen LogP) is 3.72. The highest BCUT2D eigenvalue weighted by molar-refractivity contribution is 7.99. The summed E-state index contributed by atoms with van der Waals surface area (Å²) < 4.78 is 50.2. The van der Waals surface area contributed by atoms with Crippen molar-refractivity contribution in [1.82, 2.24) is 14.6 Å². The summed E-state index contributed by atoms with van der Waals surface area (Å²) in [6.07, 6.45) is -4.65. The van der Waals surface area contributed by atoms with E-state index < -0.39 is 23.8 Å². The van der Waals surface area contributed by atoms with Crippen LogP contribution in [0, 0.1) is 0 Å². The van der Waals surface area contributed by atoms with Crippen LogP contribution in [0.25, 0.3) is 5.65 Å². The molecule has 0 unspecified atom stereocenters. The highest BCUT2D eigenvalue weighted by atomic mass is 35.5. The van der Waals surface area contributed by atoms with Crippen LogP contribution in [0.15, 0.2) is 41.7 Å². The molecule has 160 valence electrons. The number of nitrogens with zero attached hydrogens (tertiary/aromatic N) is 3. The lowest BCUT2D eigenvalue weighted by Crippen LogP contribution is -2.20. The smallest absolute Gasteiger partial charge is 0.417 e. The highest BCUT2D eigenvalue weighted by Gasteiger charge is 2.32. The minimum atomic E-state index is -4.57. The number of alkyl halides is 3. The fraction of sp³-hybridized carbons (Fsp3) is 0.278. The van der Waals surface area contributed by atoms with Crippen molar-refractivity contribution >= 4 is 35.0 Å². The maximum Gasteiger partial charge on any atom is 0.417 e. The average Bonchev–Trinajstić information content (AvgIpc) is 3.13. The lowest BCUT2D eigenvalue weighted by atomic mass is 10.2. The number of ether oxygens (including phenoxy) is 2. The third-order valence-corrected chi connectivity index (χ3v) is 5.24. The lowest BCUT2D eigenvalue weighted by Gasteiger charge is -2.12. The molecule has 2 aromatic heterocycles. The van der Waals surface area contributed by atoms with Crippen LogP contribution in [0.5, 0.6) is 5.75 Å². The van der Waals surface area contributed by atoms with Crippen molar-refractivity contribution in [2.75, 3.05) is 19.5 Å². The quantitative estimate of drug-likeness (QED) is 0.424. The summed E-state index contributed by atoms with van der Waals surface area (Å²) in [5.74, 6) is 0.0445. The molecule has 0 fully saturated rings. The van der Waals surface area contributed by atoms with Gasteiger partial charge in [-0.15, -0.1) is 10.2 Å². The number of aliphatic hydroxyl groups excluding tert-OH is 1. The SMILES string of the molecule is COC(=O)c1ccc(OC[C@H](O)CSc2nnc3c(Cl)cc(C(F)(F)F)cn23)cc1. The van der Waals surface area contributed by atoms with Gasteiger partial charge in [0.1, 0.15) is 12.4 Å². The van der Waals surface area contributed by atoms with E-state index in [1.54, 1.807) is 12.1 Å². The molecule has 0 aliphatic carbocycles. The van der Waals surface area contributed by atoms with E-state index in [-0.39, 0.29) is 28.2 Å². The van der Waals surface area contributed by atoms with Crippen LogP contribution >= 0.6 is 23.4 Å². The van der Waals surface area contributed by atoms with Gasteiger partial charge in [0, 0.05) is 11.9 Å². The molecule has 3 aromatic rings. The van der Waals surface area contributed by atoms with E-state index in [2.05, 4.69) is 14.9 Å². The summed E-state index contributed by atoms with van der Waals surface area (Å²) >= 11 is 6.88. The molecule has 0 aliphatic heterocycles. The number of pyridine rings is 1. The van der Waals surface area contributed by atoms with Gasteiger partial charge in [0.05, 0.1) is 29.4 Å². The Kier molecular flexibility index (Phi) is 6.74. The molecule has 30 heavy (non-hydrogen) atoms. The maximum absolute atomic E-state index is 13.0. The Bertz CT molecular complexity index is 1040. The topological polar surface area (TPSA) is 86.0 Å². The number of benzene rings is 1. The van der Waals surface area contributed by atoms with E-state index >= 15 is 0 Å². The lowest BCUT2D eigenvalue weighted by molar-refractivity contribution is -0.137. The number of hydrogen-bond acceptors (Lipinski definition) is 7. The van der Waals surface area contributed by atoms with Crippen LogP contribution < -0.4 is 4.74 Å². The number of aromatic nitrogens is 3. The van der Waals surface area contributed by atoms with Crippen molar-refractivity contribution in [3.05, 3.63) is 52.7 Å². The van der Waals surface area contributed by atoms with Crippen molar-refractivity contribution in [2.24, 2.45) is 0 Å². The monoisotopic (exact) mass is 461 g/mol. The Morgan fingerprint density at radius 3 is 2.63 bits per heavy atom. The first-order valence-electron chi connectivity index (χ1n) is 8.42. The Morgan fingerprint density at radius 2 is 2.00 bits per heavy atom. The number of thioether (sulfide) groups is 1. The normalized spacial score (nSPS) is 12.7. The van der Waals surface area contributed by atoms with Crippen LogP contribution in [0.3, 0.4) is 0 Å². The number of fused-ring (bicyclic) bond motifs is 1. The van der Waals surface area contributed by atoms with E-state index in [1.807, 2.05) is 0 Å². The third-order valence-electron chi connectivity index (χ3n) is 3.88. The number of carbonyl (C=O) groups is 1. The first-order chi connectivity index (χ1) is 14.2. The van der Waals surface area contributed by atoms with E-state index in [0.717, 1.165) is 28.4 Å². The van der Waals surface area contributed by atoms with Crippen molar-refractivity contribution in [1.29, 1.82) is 0 Å². The van der Waals surface area contributed by atoms with Crippen LogP contribution in [-0.2, 0) is 10.9 Å². The van der Waals surface area contributed by atoms with E-state index in [0.29, 0.717) is 11.3 Å². The molecule has 1 N–H and O–H groups in total. The zero-order valence-corrected chi connectivity index (χ0v) is 17.0. The molecule has 0 aliphatic rings. The second-order valence-corrected chi connectivity index (χ2v) is 7.44. The van der Waals surface area contributed by atoms with Crippen molar-refractivity contribution in [3.8, 4) is 5.75 Å². The van der Waals surface area contributed by atoms with Gasteiger partial charge in [-0.2, -0.15) is 13.2 Å². The molecule has 0 saturated carbocycles. The van der Waals surface area contributed by atoms with Crippen LogP contribution in [0.2, 0.25) is 5.02 Å². The zero-order valence-electron chi connectivity index (χ0n) is 15.4. The van der Waals surface area contributed by atoms with Gasteiger partial charge < -0.3 is 14.6 Å². The molecule has 3 rings (SSSR count). The second-order valence-electron chi connectivity index (χ2n) is 6.04. The van der Waals surface area contributed by atoms with Crippen molar-refractivity contribution < 1.29 is 32.5 Å². The minimum absolute atomic E-state index is 0.0735. The fourth-order valence-electron chi connectivity index (χ4n) is 2.40. The molecule has 0 saturated heterocycles. The molecular formula is C18H15ClF3N3O4S. The molecule has 1 atom stereocenters. The Balaban J connectivity index is 1.60. The third kappa shape index (κ3) is 5.15. The zero-order chi connectivity index (χ0) is 21.9. The molecule has 0 bridgehead atoms. The molecule has 12 heteroatoms. The highest BCUT2D eigenvalue weighted by Crippen LogP contribution is 2.33. The van der Waals surface area contributed by atoms with Crippen LogP contribution in [0.1, 0.15) is 15.9 Å². The van der Waals surface area contributed by atoms with Gasteiger partial charge in [-0.25, -0.2) is 4.79 Å². The summed E-state index contributed by atoms with van der Waals surface area (Å²) in [6, 6.07) is 6.94. The van der Waals surface area contributed by atoms with E-state index in [4.69, 9.17) is 16.3 Å². The summed E-state index contributed by atoms with van der Waals surface area (Å²) in [5.41, 5.74) is -0.485. The number of methoxy groups -OCH3 is 1. The first-order valence-corrected chi connectivity index (χ1v) is 9.79. The number of halogens is 4. The average molecular weight is 462 g/mol. The molecule has 7 nitrogen and oxygen atoms in total. The van der Waals surface area contributed by atoms with Gasteiger partial charge in [-0.05, 0) is 30.3 Å². The van der Waals surface area contributed by atoms with Gasteiger partial charge in [0.15, 0.2) is 10.8 Å². The van der Waals surface area contributed by atoms with E-state index in [1.165, 1.54) is 19.2 Å². The van der Waals surface area contributed by atoms with Gasteiger partial charge in [0.2, 0.25) is 0 Å². The Hall–Kier alpha value is -2.50. The number of esters is 1. The number of hydrogen-bond donors (Lipinski definition) is 1. The Labute approximate surface area is 177 Å². The molecule has 0 amide bonds. The largest absolute Gasteiger partial charge is 0.491 e. The summed E-state index contributed by atoms with van der Waals surface area (Å²) in [6.45, 7) is -0.0735. The molecular weight excluding hydrogens is 447 g/mol. The summed E-state index contributed by atoms with van der Waals surface area (Å²) in [4.78, 5) is 11.4. The van der Waals surface area contributed by atoms with Gasteiger partial charge in [-0.3, -0.25) is 4.40 Å². The molecule has 0 spiro atoms. The van der Waals surface area contributed by atoms with Gasteiger partial charge >= 0.3 is 12.1 Å². The number of rotatable bonds is 7. The molecule has 1 aromatic carbocycles. The summed E-state index contributed by atoms with van der Waals surface area (Å²) in [7, 11) is 1.28. The Morgan fingerprint density at radius 1 is 1.30 bits per heavy atom. The second kappa shape index (κ2) is 9.11. The number of aliphatic hydroxyl groups is 1. The van der Waals surface area contributed by atoms with Gasteiger partial charge in [-0.1, -0.05) is 23.4 Å². The first kappa shape index (κ1) is 22.2. The van der Waals surface area contributed by atoms with Crippen molar-refractivity contribution in [2.45, 2.75) is 17.4 Å². The maximum atomic E-state index is 13.0. The van der Waals surface area contributed by atoms with E-state index in [9.17, 15) is 23.1 Å². The van der Waals surface area contributed by atoms with Gasteiger partial charge in [0.25, 0.3) is 0 Å². The number of carbonyl (C=O) groups excluding carboxylic acids is 1. The molecule has 2 heterocycles. The molecule has 0 radical (unpaired) electrons. The minimum Gasteiger partial charge on any atom is -0.491 e. The fourth-order valence-corrected chi connectivity index (χ4v) is 3.46. The standard InChI is InChI=1S/C18H15ClF3N3O4S/c1-28-16(27)10-2-4-13(5-3-10)29-8-12(26)9-30-17-24-23-15-14(19)6-11(7-25(15)17)18(20,21)22/h2-7,12,26H,8-9H2,1H3/t12-/m0/s1. The van der Waals surface area contributed by atoms with Crippen LogP contribution in [-0.4, -0.2) is 51.2 Å². The summed E-state index contributed by atoms with van der Waals surface area (Å²) in [5, 5.41) is 17.7. The van der Waals surface area contributed by atoms with Crippen LogP contribution in [0.4, 0.5) is 13.2 Å². The predicted molar refractivity (Wildman–Crippen MR) is 103 cm³/mol. The van der Waals surface area contributed by atoms with Crippen molar-refractivity contribution in [3.63, 3.8) is 0 Å².